The molecule has 0 spiro atoms. The number of piperidine rings is 1. The summed E-state index contributed by atoms with van der Waals surface area (Å²) in [7, 11) is -11.8. The van der Waals surface area contributed by atoms with Gasteiger partial charge >= 0.3 is 0 Å². The predicted octanol–water partition coefficient (Wildman–Crippen LogP) is 12.9. The monoisotopic (exact) mass is 2170 g/mol. The van der Waals surface area contributed by atoms with Crippen molar-refractivity contribution >= 4 is 201 Å². The first-order chi connectivity index (χ1) is 70.6. The van der Waals surface area contributed by atoms with Gasteiger partial charge in [0.25, 0.3) is 23.6 Å². The van der Waals surface area contributed by atoms with Crippen molar-refractivity contribution in [3.8, 4) is 0 Å². The number of hydrogen-bond acceptors (Lipinski definition) is 34. The minimum Gasteiger partial charge on any atom is -0.385 e. The quantitative estimate of drug-likeness (QED) is 0.0206. The molecule has 0 atom stereocenters. The second-order valence-electron chi connectivity index (χ2n) is 35.9. The number of likely N-dealkylation sites (tertiary alicyclic amines) is 1. The van der Waals surface area contributed by atoms with Gasteiger partial charge in [-0.2, -0.15) is 17.6 Å². The van der Waals surface area contributed by atoms with Crippen LogP contribution in [0, 0.1) is 26.4 Å². The van der Waals surface area contributed by atoms with Crippen molar-refractivity contribution in [1.82, 2.24) is 29.7 Å². The van der Waals surface area contributed by atoms with E-state index in [-0.39, 0.29) is 91.5 Å². The van der Waals surface area contributed by atoms with E-state index in [4.69, 9.17) is 0 Å². The van der Waals surface area contributed by atoms with Gasteiger partial charge in [0.15, 0.2) is 83.0 Å². The van der Waals surface area contributed by atoms with E-state index in [0.29, 0.717) is 118 Å². The number of amides is 8. The van der Waals surface area contributed by atoms with Gasteiger partial charge in [0.1, 0.15) is 63.1 Å². The zero-order valence-corrected chi connectivity index (χ0v) is 86.4. The third-order valence-electron chi connectivity index (χ3n) is 24.1. The van der Waals surface area contributed by atoms with Crippen LogP contribution < -0.4 is 40.9 Å². The van der Waals surface area contributed by atoms with Gasteiger partial charge < -0.3 is 31.1 Å². The molecule has 4 N–H and O–H groups in total. The van der Waals surface area contributed by atoms with Gasteiger partial charge in [0.05, 0.1) is 25.7 Å². The molecular formula is C102H98F4N14O20S8. The summed E-state index contributed by atoms with van der Waals surface area (Å²) >= 11 is 1.88. The van der Waals surface area contributed by atoms with Crippen molar-refractivity contribution in [3.05, 3.63) is 282 Å². The SMILES string of the molecule is CCCNc1ccc2c(c1)CC(=O)N(c1ccc(CC(=O)CS(=O)(=O)c3ccc(F)s3)cn1)C2=O.CN(C)CCNc1ccc2c(c1)CC(=O)N(c1ccc(CC(=O)CS(=O)(=O)c3ccc(F)s3)cn1)C2=O.O=C(Cc1ccc(N2C(=O)Cc3cc(NCC4CC4)ccc3C2=O)nc1)CS(=O)(=O)c1ccc(F)s1.O=C(Cc1ccc(N2C(=O)Cc3cc(NCCN4CCCCC4)ccc3C2=O)nc1)CS(=O)(=O)c1ccc(F)s1. The van der Waals surface area contributed by atoms with Crippen LogP contribution in [0.25, 0.3) is 0 Å². The number of imide groups is 4. The van der Waals surface area contributed by atoms with Crippen LogP contribution in [0.4, 0.5) is 63.6 Å². The van der Waals surface area contributed by atoms with Gasteiger partial charge in [0.2, 0.25) is 23.6 Å². The first-order valence-corrected chi connectivity index (χ1v) is 56.6. The molecule has 0 radical (unpaired) electrons. The molecule has 6 aliphatic rings. The number of Topliss-reactive ketones (excluding diaryl/α,β-unsaturated/α-hetero) is 4. The Morgan fingerprint density at radius 2 is 0.635 bits per heavy atom. The summed E-state index contributed by atoms with van der Waals surface area (Å²) in [4.78, 5) is 178. The zero-order valence-electron chi connectivity index (χ0n) is 79.9. The molecule has 13 heterocycles. The number of carbonyl (C=O) groups is 12. The summed E-state index contributed by atoms with van der Waals surface area (Å²) in [5, 5.41) is 10.7. The number of thiophene rings is 4. The van der Waals surface area contributed by atoms with E-state index in [9.17, 15) is 109 Å². The van der Waals surface area contributed by atoms with Crippen LogP contribution >= 0.6 is 45.3 Å². The summed E-state index contributed by atoms with van der Waals surface area (Å²) in [5.74, 6) is -7.75. The smallest absolute Gasteiger partial charge is 0.266 e. The number of sulfone groups is 4. The number of fused-ring (bicyclic) bond motifs is 4. The minimum atomic E-state index is -3.94. The molecule has 8 amide bonds. The molecule has 46 heteroatoms. The van der Waals surface area contributed by atoms with Crippen molar-refractivity contribution in [1.29, 1.82) is 0 Å². The molecule has 0 unspecified atom stereocenters. The summed E-state index contributed by atoms with van der Waals surface area (Å²) < 4.78 is 150. The third kappa shape index (κ3) is 27.8. The fourth-order valence-electron chi connectivity index (χ4n) is 16.6. The number of hydrogen-bond donors (Lipinski definition) is 4. The Bertz CT molecular complexity index is 7630. The molecular weight excluding hydrogens is 2070 g/mol. The first-order valence-electron chi connectivity index (χ1n) is 46.7. The highest BCUT2D eigenvalue weighted by molar-refractivity contribution is 7.95. The number of nitrogens with one attached hydrogen (secondary N) is 4. The molecule has 1 aliphatic carbocycles. The lowest BCUT2D eigenvalue weighted by molar-refractivity contribution is -0.118. The topological polar surface area (TPSA) is 461 Å². The fourth-order valence-corrected chi connectivity index (χ4v) is 25.9. The molecule has 5 aliphatic heterocycles. The molecule has 772 valence electrons. The molecule has 148 heavy (non-hydrogen) atoms. The molecule has 1 saturated carbocycles. The average molecular weight is 2170 g/mol. The van der Waals surface area contributed by atoms with Gasteiger partial charge in [-0.15, -0.1) is 0 Å². The number of halogens is 4. The number of nitrogens with zero attached hydrogens (tertiary/aromatic N) is 10. The Hall–Kier alpha value is -13.8. The number of pyridine rings is 4. The summed E-state index contributed by atoms with van der Waals surface area (Å²) in [6, 6.07) is 41.9. The molecule has 8 aromatic heterocycles. The van der Waals surface area contributed by atoms with Crippen LogP contribution in [0.1, 0.15) is 131 Å². The number of benzene rings is 4. The molecule has 18 rings (SSSR count). The third-order valence-corrected chi connectivity index (χ3v) is 36.6. The lowest BCUT2D eigenvalue weighted by Gasteiger charge is -2.27. The highest BCUT2D eigenvalue weighted by Gasteiger charge is 2.40. The van der Waals surface area contributed by atoms with Gasteiger partial charge in [-0.1, -0.05) is 83.0 Å². The van der Waals surface area contributed by atoms with E-state index in [1.807, 2.05) is 50.2 Å². The normalized spacial score (nSPS) is 14.8. The van der Waals surface area contributed by atoms with Crippen molar-refractivity contribution in [2.24, 2.45) is 5.92 Å². The van der Waals surface area contributed by atoms with Crippen LogP contribution in [0.3, 0.4) is 0 Å². The Kier molecular flexibility index (Phi) is 34.8. The number of rotatable bonds is 38. The number of aromatic nitrogens is 4. The highest BCUT2D eigenvalue weighted by Crippen LogP contribution is 2.36. The zero-order chi connectivity index (χ0) is 106. The van der Waals surface area contributed by atoms with Crippen molar-refractivity contribution < 1.29 is 109 Å². The molecule has 4 aromatic carbocycles. The fraction of sp³-hybridized carbons (Fsp3) is 0.294. The summed E-state index contributed by atoms with van der Waals surface area (Å²) in [6.45, 7) is 9.22. The predicted molar refractivity (Wildman–Crippen MR) is 551 cm³/mol. The van der Waals surface area contributed by atoms with Crippen LogP contribution in [0.15, 0.2) is 211 Å². The number of anilines is 8. The van der Waals surface area contributed by atoms with Crippen molar-refractivity contribution in [2.75, 3.05) is 130 Å². The maximum atomic E-state index is 13.2. The number of ketones is 4. The number of likely N-dealkylation sites (N-methyl/N-ethyl adjacent to an activating group) is 1. The molecule has 1 saturated heterocycles. The Balaban J connectivity index is 0.000000148. The van der Waals surface area contributed by atoms with Gasteiger partial charge in [0, 0.05) is 135 Å². The van der Waals surface area contributed by atoms with Crippen molar-refractivity contribution in [2.45, 2.75) is 114 Å². The largest absolute Gasteiger partial charge is 0.385 e. The number of carbonyl (C=O) groups excluding carboxylic acids is 12. The van der Waals surface area contributed by atoms with E-state index in [2.05, 4.69) is 46.1 Å². The molecule has 0 bridgehead atoms. The minimum absolute atomic E-state index is 0.0351. The highest BCUT2D eigenvalue weighted by atomic mass is 32.3. The summed E-state index contributed by atoms with van der Waals surface area (Å²) in [6.07, 6.45) is 11.8. The van der Waals surface area contributed by atoms with Crippen LogP contribution in [-0.4, -0.2) is 223 Å². The maximum absolute atomic E-state index is 13.2. The van der Waals surface area contributed by atoms with Crippen LogP contribution in [-0.2, 0) is 129 Å². The Labute approximate surface area is 865 Å². The lowest BCUT2D eigenvalue weighted by Crippen LogP contribution is -2.43. The van der Waals surface area contributed by atoms with E-state index in [1.165, 1.54) is 105 Å². The van der Waals surface area contributed by atoms with Gasteiger partial charge in [-0.25, -0.2) is 73.2 Å². The van der Waals surface area contributed by atoms with E-state index in [0.717, 1.165) is 150 Å². The first kappa shape index (κ1) is 108. The molecule has 12 aromatic rings. The van der Waals surface area contributed by atoms with Crippen LogP contribution in [0.2, 0.25) is 0 Å². The Morgan fingerprint density at radius 3 is 0.885 bits per heavy atom. The summed E-state index contributed by atoms with van der Waals surface area (Å²) in [5.41, 5.74) is 9.42. The maximum Gasteiger partial charge on any atom is 0.266 e. The van der Waals surface area contributed by atoms with Gasteiger partial charge in [-0.05, 0) is 255 Å². The van der Waals surface area contributed by atoms with Gasteiger partial charge in [-0.3, -0.25) is 57.5 Å². The Morgan fingerprint density at radius 1 is 0.358 bits per heavy atom. The standard InChI is InChI=1S/C28H29FN4O5S2.C25H25FN4O5S2.C25H22FN3O5S2.C24H22FN3O5S2/c29-24-7-9-27(39-24)40(37,38)18-22(34)14-19-4-8-25(31-17-19)33-26(35)16-20-15-21(5-6-23(20)28(33)36)30-10-13-32-11-2-1-3-12-32;1-29(2)10-9-27-18-4-5-20-17(12-18)13-23(32)30(25(20)33)22-7-3-16(14-28-22)11-19(31)15-37(34,35)24-8-6-21(26)36-24;26-21-6-8-24(35-21)36(33,34)14-19(30)9-16-3-7-22(28-13-16)29-23(31)11-17-10-18(27-12-15-1-2-15)4-5-20(17)25(29)32;1-2-9-26-17-4-5-19-16(11-17)12-22(30)28(24(19)31)21-7-3-15(13-27-21)10-18(29)14-35(32,33)23-8-6-20(25)34-23/h4-9,15,17,30H,1-3,10-14,16,18H2;3-8,12,14,27H,9-11,13,15H2,1-2H3;3-8,10,13,15,27H,1-2,9,11-12,14H2;3-8,11,13,26H,2,9-10,12,14H2,1H3. The molecule has 34 nitrogen and oxygen atoms in total. The average Bonchev–Trinajstić information content (AvgIpc) is 1.39. The molecule has 2 fully saturated rings. The van der Waals surface area contributed by atoms with E-state index in [1.54, 1.807) is 48.5 Å². The van der Waals surface area contributed by atoms with E-state index < -0.39 is 153 Å². The van der Waals surface area contributed by atoms with E-state index >= 15 is 0 Å². The van der Waals surface area contributed by atoms with Crippen LogP contribution in [0.5, 0.6) is 0 Å². The second-order valence-corrected chi connectivity index (χ2v) is 48.9. The second kappa shape index (κ2) is 47.6. The van der Waals surface area contributed by atoms with Crippen molar-refractivity contribution in [3.63, 3.8) is 0 Å². The lowest BCUT2D eigenvalue weighted by atomic mass is 9.97.